The maximum Gasteiger partial charge on any atom is 0.0607 e. The fourth-order valence-corrected chi connectivity index (χ4v) is 2.28. The summed E-state index contributed by atoms with van der Waals surface area (Å²) in [5.74, 6) is 1.39. The van der Waals surface area contributed by atoms with Crippen molar-refractivity contribution in [3.05, 3.63) is 0 Å². The van der Waals surface area contributed by atoms with Crippen LogP contribution in [0.15, 0.2) is 0 Å². The lowest BCUT2D eigenvalue weighted by Gasteiger charge is -2.36. The van der Waals surface area contributed by atoms with Gasteiger partial charge < -0.3 is 15.5 Å². The van der Waals surface area contributed by atoms with E-state index in [1.807, 2.05) is 0 Å². The number of aliphatic hydroxyl groups excluding tert-OH is 2. The highest BCUT2D eigenvalue weighted by molar-refractivity contribution is 4.84. The third kappa shape index (κ3) is 2.94. The molecule has 1 fully saturated rings. The van der Waals surface area contributed by atoms with Crippen LogP contribution in [0.4, 0.5) is 0 Å². The number of rotatable bonds is 4. The highest BCUT2D eigenvalue weighted by Gasteiger charge is 2.28. The largest absolute Gasteiger partial charge is 0.395 e. The van der Waals surface area contributed by atoms with Crippen LogP contribution < -0.4 is 5.32 Å². The molecule has 0 aromatic carbocycles. The minimum Gasteiger partial charge on any atom is -0.395 e. The van der Waals surface area contributed by atoms with Crippen molar-refractivity contribution in [2.45, 2.75) is 45.2 Å². The second-order valence-corrected chi connectivity index (χ2v) is 4.60. The monoisotopic (exact) mass is 201 g/mol. The SMILES string of the molecule is CC1CCCC(NC(CO)CO)C1C. The molecule has 1 saturated carbocycles. The van der Waals surface area contributed by atoms with E-state index < -0.39 is 0 Å². The van der Waals surface area contributed by atoms with Gasteiger partial charge in [0.25, 0.3) is 0 Å². The minimum absolute atomic E-state index is 0.0219. The molecule has 3 heteroatoms. The molecule has 0 spiro atoms. The number of hydrogen-bond donors (Lipinski definition) is 3. The van der Waals surface area contributed by atoms with Gasteiger partial charge in [0.1, 0.15) is 0 Å². The first-order chi connectivity index (χ1) is 6.69. The molecule has 0 saturated heterocycles. The predicted octanol–water partition coefficient (Wildman–Crippen LogP) is 0.754. The molecule has 0 amide bonds. The van der Waals surface area contributed by atoms with Gasteiger partial charge in [0.15, 0.2) is 0 Å². The topological polar surface area (TPSA) is 52.5 Å². The van der Waals surface area contributed by atoms with E-state index in [0.717, 1.165) is 5.92 Å². The highest BCUT2D eigenvalue weighted by Crippen LogP contribution is 2.29. The Morgan fingerprint density at radius 3 is 2.43 bits per heavy atom. The van der Waals surface area contributed by atoms with Crippen molar-refractivity contribution < 1.29 is 10.2 Å². The molecule has 3 nitrogen and oxygen atoms in total. The number of aliphatic hydroxyl groups is 2. The van der Waals surface area contributed by atoms with Gasteiger partial charge >= 0.3 is 0 Å². The van der Waals surface area contributed by atoms with Gasteiger partial charge in [-0.2, -0.15) is 0 Å². The first-order valence-electron chi connectivity index (χ1n) is 5.66. The fourth-order valence-electron chi connectivity index (χ4n) is 2.28. The number of nitrogens with one attached hydrogen (secondary N) is 1. The average molecular weight is 201 g/mol. The summed E-state index contributed by atoms with van der Waals surface area (Å²) in [6.07, 6.45) is 3.73. The van der Waals surface area contributed by atoms with Crippen LogP contribution in [0, 0.1) is 11.8 Å². The van der Waals surface area contributed by atoms with Crippen LogP contribution in [0.3, 0.4) is 0 Å². The molecule has 84 valence electrons. The van der Waals surface area contributed by atoms with Crippen LogP contribution in [0.25, 0.3) is 0 Å². The second-order valence-electron chi connectivity index (χ2n) is 4.60. The van der Waals surface area contributed by atoms with E-state index in [1.165, 1.54) is 19.3 Å². The second kappa shape index (κ2) is 5.69. The van der Waals surface area contributed by atoms with Crippen molar-refractivity contribution in [2.24, 2.45) is 11.8 Å². The zero-order valence-corrected chi connectivity index (χ0v) is 9.24. The van der Waals surface area contributed by atoms with Gasteiger partial charge in [-0.05, 0) is 18.3 Å². The zero-order chi connectivity index (χ0) is 10.6. The van der Waals surface area contributed by atoms with Crippen LogP contribution in [0.5, 0.6) is 0 Å². The first kappa shape index (κ1) is 12.0. The zero-order valence-electron chi connectivity index (χ0n) is 9.24. The molecule has 3 atom stereocenters. The summed E-state index contributed by atoms with van der Waals surface area (Å²) < 4.78 is 0. The lowest BCUT2D eigenvalue weighted by molar-refractivity contribution is 0.127. The van der Waals surface area contributed by atoms with Gasteiger partial charge in [0.2, 0.25) is 0 Å². The van der Waals surface area contributed by atoms with Gasteiger partial charge in [-0.3, -0.25) is 0 Å². The molecule has 0 aromatic heterocycles. The Kier molecular flexibility index (Phi) is 4.85. The van der Waals surface area contributed by atoms with Crippen molar-refractivity contribution in [2.75, 3.05) is 13.2 Å². The molecule has 1 rings (SSSR count). The molecular weight excluding hydrogens is 178 g/mol. The highest BCUT2D eigenvalue weighted by atomic mass is 16.3. The molecule has 0 radical (unpaired) electrons. The van der Waals surface area contributed by atoms with Crippen LogP contribution in [0.1, 0.15) is 33.1 Å². The van der Waals surface area contributed by atoms with Gasteiger partial charge in [-0.15, -0.1) is 0 Å². The van der Waals surface area contributed by atoms with Crippen molar-refractivity contribution in [1.82, 2.24) is 5.32 Å². The Morgan fingerprint density at radius 2 is 1.86 bits per heavy atom. The molecular formula is C11H23NO2. The van der Waals surface area contributed by atoms with Crippen molar-refractivity contribution >= 4 is 0 Å². The van der Waals surface area contributed by atoms with Crippen molar-refractivity contribution in [1.29, 1.82) is 0 Å². The summed E-state index contributed by atoms with van der Waals surface area (Å²) in [6.45, 7) is 4.58. The smallest absolute Gasteiger partial charge is 0.0607 e. The van der Waals surface area contributed by atoms with Gasteiger partial charge in [0, 0.05) is 6.04 Å². The van der Waals surface area contributed by atoms with Gasteiger partial charge in [-0.1, -0.05) is 26.7 Å². The van der Waals surface area contributed by atoms with E-state index in [1.54, 1.807) is 0 Å². The van der Waals surface area contributed by atoms with E-state index in [-0.39, 0.29) is 19.3 Å². The summed E-state index contributed by atoms with van der Waals surface area (Å²) in [7, 11) is 0. The molecule has 0 aromatic rings. The van der Waals surface area contributed by atoms with Gasteiger partial charge in [-0.25, -0.2) is 0 Å². The predicted molar refractivity (Wildman–Crippen MR) is 57.1 cm³/mol. The molecule has 1 aliphatic rings. The lowest BCUT2D eigenvalue weighted by Crippen LogP contribution is -2.48. The van der Waals surface area contributed by atoms with E-state index in [2.05, 4.69) is 19.2 Å². The summed E-state index contributed by atoms with van der Waals surface area (Å²) in [6, 6.07) is 0.316. The Morgan fingerprint density at radius 1 is 1.21 bits per heavy atom. The fraction of sp³-hybridized carbons (Fsp3) is 1.00. The Balaban J connectivity index is 2.41. The Hall–Kier alpha value is -0.120. The molecule has 1 aliphatic carbocycles. The van der Waals surface area contributed by atoms with E-state index in [4.69, 9.17) is 10.2 Å². The van der Waals surface area contributed by atoms with Crippen LogP contribution in [-0.2, 0) is 0 Å². The molecule has 3 N–H and O–H groups in total. The van der Waals surface area contributed by atoms with E-state index in [9.17, 15) is 0 Å². The molecule has 0 bridgehead atoms. The molecule has 0 aliphatic heterocycles. The molecule has 3 unspecified atom stereocenters. The normalized spacial score (nSPS) is 33.6. The standard InChI is InChI=1S/C11H23NO2/c1-8-4-3-5-11(9(8)2)12-10(6-13)7-14/h8-14H,3-7H2,1-2H3. The van der Waals surface area contributed by atoms with Crippen molar-refractivity contribution in [3.63, 3.8) is 0 Å². The average Bonchev–Trinajstić information content (AvgIpc) is 2.20. The first-order valence-corrected chi connectivity index (χ1v) is 5.66. The van der Waals surface area contributed by atoms with Crippen molar-refractivity contribution in [3.8, 4) is 0 Å². The molecule has 0 heterocycles. The minimum atomic E-state index is -0.146. The summed E-state index contributed by atoms with van der Waals surface area (Å²) >= 11 is 0. The van der Waals surface area contributed by atoms with Crippen LogP contribution in [0.2, 0.25) is 0 Å². The van der Waals surface area contributed by atoms with Gasteiger partial charge in [0.05, 0.1) is 19.3 Å². The van der Waals surface area contributed by atoms with E-state index >= 15 is 0 Å². The summed E-state index contributed by atoms with van der Waals surface area (Å²) in [5.41, 5.74) is 0. The Labute approximate surface area is 86.5 Å². The van der Waals surface area contributed by atoms with Crippen LogP contribution in [-0.4, -0.2) is 35.5 Å². The maximum absolute atomic E-state index is 8.99. The summed E-state index contributed by atoms with van der Waals surface area (Å²) in [4.78, 5) is 0. The molecule has 14 heavy (non-hydrogen) atoms. The van der Waals surface area contributed by atoms with Crippen LogP contribution >= 0.6 is 0 Å². The number of hydrogen-bond acceptors (Lipinski definition) is 3. The third-order valence-corrected chi connectivity index (χ3v) is 3.60. The maximum atomic E-state index is 8.99. The Bertz CT molecular complexity index is 159. The van der Waals surface area contributed by atoms with E-state index in [0.29, 0.717) is 12.0 Å². The quantitative estimate of drug-likeness (QED) is 0.629. The third-order valence-electron chi connectivity index (χ3n) is 3.60. The lowest BCUT2D eigenvalue weighted by atomic mass is 9.78. The summed E-state index contributed by atoms with van der Waals surface area (Å²) in [5, 5.41) is 21.3.